The number of aromatic nitrogens is 3. The van der Waals surface area contributed by atoms with Crippen LogP contribution in [0.4, 0.5) is 11.5 Å². The van der Waals surface area contributed by atoms with Crippen molar-refractivity contribution >= 4 is 39.6 Å². The fourth-order valence-electron chi connectivity index (χ4n) is 6.22. The summed E-state index contributed by atoms with van der Waals surface area (Å²) in [5.74, 6) is 1.17. The van der Waals surface area contributed by atoms with Crippen LogP contribution in [0, 0.1) is 25.2 Å². The number of rotatable bonds is 7. The number of nitrogens with one attached hydrogen (secondary N) is 1. The van der Waals surface area contributed by atoms with Crippen LogP contribution in [0.3, 0.4) is 0 Å². The van der Waals surface area contributed by atoms with Crippen LogP contribution in [0.25, 0.3) is 50.7 Å². The predicted octanol–water partition coefficient (Wildman–Crippen LogP) is 7.55. The van der Waals surface area contributed by atoms with E-state index in [2.05, 4.69) is 59.9 Å². The van der Waals surface area contributed by atoms with E-state index in [9.17, 15) is 10.4 Å². The summed E-state index contributed by atoms with van der Waals surface area (Å²) in [6.07, 6.45) is 5.99. The zero-order valence-corrected chi connectivity index (χ0v) is 25.2. The molecular formula is C37H32N6O2. The van der Waals surface area contributed by atoms with Crippen molar-refractivity contribution in [3.8, 4) is 28.7 Å². The lowest BCUT2D eigenvalue weighted by Crippen LogP contribution is -2.21. The van der Waals surface area contributed by atoms with Gasteiger partial charge >= 0.3 is 0 Å². The summed E-state index contributed by atoms with van der Waals surface area (Å²) in [4.78, 5) is 16.4. The summed E-state index contributed by atoms with van der Waals surface area (Å²) in [5, 5.41) is 24.1. The van der Waals surface area contributed by atoms with Crippen LogP contribution in [0.5, 0.6) is 0 Å². The monoisotopic (exact) mass is 592 g/mol. The van der Waals surface area contributed by atoms with E-state index in [1.54, 1.807) is 18.3 Å². The number of β-amino-alcohol motifs (C(OH)–C–C–N with tert-alkyl or cyclic N) is 1. The number of aliphatic hydroxyl groups is 1. The second kappa shape index (κ2) is 11.6. The zero-order valence-electron chi connectivity index (χ0n) is 25.2. The zero-order chi connectivity index (χ0) is 31.1. The summed E-state index contributed by atoms with van der Waals surface area (Å²) < 4.78 is 6.16. The molecule has 3 aromatic carbocycles. The third-order valence-corrected chi connectivity index (χ3v) is 8.62. The molecule has 1 aliphatic rings. The van der Waals surface area contributed by atoms with E-state index in [-0.39, 0.29) is 6.10 Å². The summed E-state index contributed by atoms with van der Waals surface area (Å²) >= 11 is 0. The molecule has 3 aromatic heterocycles. The molecule has 0 amide bonds. The first kappa shape index (κ1) is 28.4. The van der Waals surface area contributed by atoms with Gasteiger partial charge in [0, 0.05) is 48.7 Å². The van der Waals surface area contributed by atoms with Crippen LogP contribution in [-0.4, -0.2) is 44.2 Å². The normalized spacial score (nSPS) is 15.0. The number of hydrogen-bond donors (Lipinski definition) is 2. The Balaban J connectivity index is 1.21. The van der Waals surface area contributed by atoms with Crippen LogP contribution in [0.2, 0.25) is 0 Å². The highest BCUT2D eigenvalue weighted by molar-refractivity contribution is 5.91. The van der Waals surface area contributed by atoms with Gasteiger partial charge in [0.25, 0.3) is 0 Å². The Hall–Kier alpha value is -5.36. The molecule has 0 bridgehead atoms. The van der Waals surface area contributed by atoms with Gasteiger partial charge in [0.2, 0.25) is 5.89 Å². The van der Waals surface area contributed by atoms with Crippen LogP contribution in [0.1, 0.15) is 34.2 Å². The molecule has 0 saturated carbocycles. The molecule has 0 radical (unpaired) electrons. The molecule has 8 heteroatoms. The Morgan fingerprint density at radius 3 is 2.64 bits per heavy atom. The lowest BCUT2D eigenvalue weighted by atomic mass is 9.93. The molecule has 0 unspecified atom stereocenters. The number of benzene rings is 3. The first-order chi connectivity index (χ1) is 21.9. The van der Waals surface area contributed by atoms with Crippen molar-refractivity contribution in [1.82, 2.24) is 19.9 Å². The van der Waals surface area contributed by atoms with Crippen LogP contribution >= 0.6 is 0 Å². The lowest BCUT2D eigenvalue weighted by Gasteiger charge is -2.17. The van der Waals surface area contributed by atoms with E-state index < -0.39 is 0 Å². The van der Waals surface area contributed by atoms with Gasteiger partial charge in [0.15, 0.2) is 11.4 Å². The largest absolute Gasteiger partial charge is 0.435 e. The maximum atomic E-state index is 9.89. The Labute approximate surface area is 261 Å². The quantitative estimate of drug-likeness (QED) is 0.196. The van der Waals surface area contributed by atoms with E-state index in [1.165, 1.54) is 0 Å². The second-order valence-corrected chi connectivity index (χ2v) is 11.6. The molecule has 0 aliphatic carbocycles. The number of aliphatic hydroxyl groups excluding tert-OH is 1. The van der Waals surface area contributed by atoms with Crippen LogP contribution < -0.4 is 5.32 Å². The van der Waals surface area contributed by atoms with Crippen molar-refractivity contribution in [3.63, 3.8) is 0 Å². The number of likely N-dealkylation sites (tertiary alicyclic amines) is 1. The van der Waals surface area contributed by atoms with Crippen molar-refractivity contribution in [2.45, 2.75) is 32.9 Å². The number of oxazole rings is 1. The van der Waals surface area contributed by atoms with Crippen molar-refractivity contribution in [3.05, 3.63) is 107 Å². The third-order valence-electron chi connectivity index (χ3n) is 8.62. The molecule has 2 N–H and O–H groups in total. The highest BCUT2D eigenvalue weighted by Gasteiger charge is 2.21. The summed E-state index contributed by atoms with van der Waals surface area (Å²) in [6, 6.07) is 22.3. The molecule has 4 heterocycles. The molecule has 1 aliphatic heterocycles. The number of hydrogen-bond acceptors (Lipinski definition) is 8. The summed E-state index contributed by atoms with van der Waals surface area (Å²) in [7, 11) is 0. The lowest BCUT2D eigenvalue weighted by molar-refractivity contribution is 0.175. The first-order valence-corrected chi connectivity index (χ1v) is 15.0. The average Bonchev–Trinajstić information content (AvgIpc) is 3.67. The molecule has 45 heavy (non-hydrogen) atoms. The van der Waals surface area contributed by atoms with E-state index >= 15 is 0 Å². The Morgan fingerprint density at radius 1 is 1.07 bits per heavy atom. The van der Waals surface area contributed by atoms with E-state index in [0.29, 0.717) is 34.9 Å². The topological polar surface area (TPSA) is 111 Å². The van der Waals surface area contributed by atoms with Gasteiger partial charge < -0.3 is 14.8 Å². The maximum Gasteiger partial charge on any atom is 0.227 e. The molecular weight excluding hydrogens is 560 g/mol. The molecule has 6 aromatic rings. The van der Waals surface area contributed by atoms with Gasteiger partial charge in [-0.2, -0.15) is 5.26 Å². The number of fused-ring (bicyclic) bond motifs is 2. The Bertz CT molecular complexity index is 2140. The number of pyridine rings is 2. The minimum Gasteiger partial charge on any atom is -0.435 e. The van der Waals surface area contributed by atoms with Crippen molar-refractivity contribution in [2.75, 3.05) is 18.4 Å². The SMILES string of the molecule is C=Cc1cc(C#N)c2oc(-c3cccc(-c4cccc(Nc5nccc6cc(CN7CC[C@@H](O)C7)cnc56)c4C)c3C)nc2c1. The molecule has 1 atom stereocenters. The molecule has 222 valence electrons. The average molecular weight is 593 g/mol. The molecule has 1 saturated heterocycles. The van der Waals surface area contributed by atoms with Gasteiger partial charge in [-0.3, -0.25) is 9.88 Å². The highest BCUT2D eigenvalue weighted by atomic mass is 16.3. The fraction of sp³-hybridized carbons (Fsp3) is 0.189. The van der Waals surface area contributed by atoms with E-state index in [4.69, 9.17) is 14.4 Å². The van der Waals surface area contributed by atoms with Gasteiger partial charge in [-0.05, 0) is 90.0 Å². The van der Waals surface area contributed by atoms with Gasteiger partial charge in [-0.1, -0.05) is 36.9 Å². The van der Waals surface area contributed by atoms with Crippen molar-refractivity contribution in [1.29, 1.82) is 5.26 Å². The van der Waals surface area contributed by atoms with Gasteiger partial charge in [0.05, 0.1) is 11.7 Å². The number of nitriles is 1. The van der Waals surface area contributed by atoms with Crippen LogP contribution in [0.15, 0.2) is 84.1 Å². The minimum atomic E-state index is -0.242. The highest BCUT2D eigenvalue weighted by Crippen LogP contribution is 2.37. The second-order valence-electron chi connectivity index (χ2n) is 11.6. The molecule has 0 spiro atoms. The molecule has 1 fully saturated rings. The third kappa shape index (κ3) is 5.33. The van der Waals surface area contributed by atoms with Crippen molar-refractivity contribution < 1.29 is 9.52 Å². The van der Waals surface area contributed by atoms with Gasteiger partial charge in [-0.25, -0.2) is 9.97 Å². The van der Waals surface area contributed by atoms with Gasteiger partial charge in [0.1, 0.15) is 17.1 Å². The summed E-state index contributed by atoms with van der Waals surface area (Å²) in [5.41, 5.74) is 10.3. The van der Waals surface area contributed by atoms with Crippen molar-refractivity contribution in [2.24, 2.45) is 0 Å². The molecule has 8 nitrogen and oxygen atoms in total. The smallest absolute Gasteiger partial charge is 0.227 e. The Morgan fingerprint density at radius 2 is 1.87 bits per heavy atom. The fourth-order valence-corrected chi connectivity index (χ4v) is 6.22. The summed E-state index contributed by atoms with van der Waals surface area (Å²) in [6.45, 7) is 10.4. The van der Waals surface area contributed by atoms with Gasteiger partial charge in [-0.15, -0.1) is 0 Å². The van der Waals surface area contributed by atoms with E-state index in [0.717, 1.165) is 75.0 Å². The standard InChI is InChI=1S/C37H32N6O2/c1-4-24-15-27(18-38)35-33(17-24)42-37(45-35)31-9-5-7-29(22(31)2)30-8-6-10-32(23(30)3)41-36-34-26(11-13-39-36)16-25(19-40-34)20-43-14-12-28(44)21-43/h4-11,13,15-17,19,28,44H,1,12,14,20-21H2,2-3H3,(H,39,41)/t28-/m1/s1. The van der Waals surface area contributed by atoms with E-state index in [1.807, 2.05) is 42.6 Å². The minimum absolute atomic E-state index is 0.242. The Kier molecular flexibility index (Phi) is 7.34. The maximum absolute atomic E-state index is 9.89. The number of nitrogens with zero attached hydrogens (tertiary/aromatic N) is 5. The predicted molar refractivity (Wildman–Crippen MR) is 178 cm³/mol. The van der Waals surface area contributed by atoms with Crippen LogP contribution in [-0.2, 0) is 6.54 Å². The molecule has 7 rings (SSSR count). The first-order valence-electron chi connectivity index (χ1n) is 15.0. The number of anilines is 2.